The van der Waals surface area contributed by atoms with Gasteiger partial charge in [0, 0.05) is 49.7 Å². The average molecular weight is 418 g/mol. The largest absolute Gasteiger partial charge is 0.497 e. The van der Waals surface area contributed by atoms with Crippen molar-refractivity contribution in [2.45, 2.75) is 13.0 Å². The van der Waals surface area contributed by atoms with Crippen LogP contribution in [-0.2, 0) is 17.7 Å². The van der Waals surface area contributed by atoms with Crippen LogP contribution in [0.4, 0.5) is 0 Å². The summed E-state index contributed by atoms with van der Waals surface area (Å²) in [7, 11) is 1.66. The van der Waals surface area contributed by atoms with E-state index in [9.17, 15) is 0 Å². The minimum Gasteiger partial charge on any atom is -0.497 e. The number of rotatable bonds is 7. The lowest BCUT2D eigenvalue weighted by Gasteiger charge is -2.26. The van der Waals surface area contributed by atoms with Crippen LogP contribution in [0.15, 0.2) is 59.3 Å². The highest BCUT2D eigenvalue weighted by molar-refractivity contribution is 5.94. The third-order valence-electron chi connectivity index (χ3n) is 5.77. The summed E-state index contributed by atoms with van der Waals surface area (Å²) in [4.78, 5) is 7.12. The van der Waals surface area contributed by atoms with Crippen molar-refractivity contribution >= 4 is 10.9 Å². The number of hydrogen-bond donors (Lipinski definition) is 0. The Morgan fingerprint density at radius 3 is 2.61 bits per heavy atom. The second-order valence-electron chi connectivity index (χ2n) is 7.75. The second-order valence-corrected chi connectivity index (χ2v) is 7.75. The molecule has 1 aliphatic heterocycles. The summed E-state index contributed by atoms with van der Waals surface area (Å²) in [5.74, 6) is 2.07. The minimum atomic E-state index is 0.560. The van der Waals surface area contributed by atoms with Crippen molar-refractivity contribution in [3.05, 3.63) is 66.1 Å². The first-order valence-corrected chi connectivity index (χ1v) is 10.6. The molecule has 0 N–H and O–H groups in total. The molecule has 0 amide bonds. The molecule has 31 heavy (non-hydrogen) atoms. The molecule has 0 saturated carbocycles. The maximum atomic E-state index is 5.66. The normalized spacial score (nSPS) is 14.9. The topological polar surface area (TPSA) is 65.6 Å². The number of benzene rings is 2. The standard InChI is InChI=1S/C24H26N4O3/c1-29-19-8-6-18(7-9-19)16-23-25-24(31-26-23)21-17-28(22-5-3-2-4-20(21)22)11-10-27-12-14-30-15-13-27/h2-9,17H,10-16H2,1H3. The smallest absolute Gasteiger partial charge is 0.260 e. The van der Waals surface area contributed by atoms with Gasteiger partial charge in [0.2, 0.25) is 0 Å². The van der Waals surface area contributed by atoms with E-state index in [1.54, 1.807) is 7.11 Å². The summed E-state index contributed by atoms with van der Waals surface area (Å²) < 4.78 is 18.6. The van der Waals surface area contributed by atoms with Crippen LogP contribution in [0.5, 0.6) is 5.75 Å². The summed E-state index contributed by atoms with van der Waals surface area (Å²) in [6.45, 7) is 5.52. The van der Waals surface area contributed by atoms with Gasteiger partial charge in [-0.3, -0.25) is 4.90 Å². The highest BCUT2D eigenvalue weighted by atomic mass is 16.5. The molecule has 2 aromatic carbocycles. The van der Waals surface area contributed by atoms with Gasteiger partial charge in [-0.2, -0.15) is 4.98 Å². The summed E-state index contributed by atoms with van der Waals surface area (Å²) in [6, 6.07) is 16.3. The summed E-state index contributed by atoms with van der Waals surface area (Å²) in [6.07, 6.45) is 2.75. The predicted octanol–water partition coefficient (Wildman–Crippen LogP) is 3.62. The van der Waals surface area contributed by atoms with Crippen LogP contribution in [0.2, 0.25) is 0 Å². The first-order valence-electron chi connectivity index (χ1n) is 10.6. The van der Waals surface area contributed by atoms with Gasteiger partial charge in [-0.05, 0) is 23.8 Å². The maximum Gasteiger partial charge on any atom is 0.260 e. The zero-order chi connectivity index (χ0) is 21.0. The van der Waals surface area contributed by atoms with Crippen molar-refractivity contribution < 1.29 is 14.0 Å². The van der Waals surface area contributed by atoms with E-state index in [0.717, 1.165) is 61.7 Å². The number of morpholine rings is 1. The third kappa shape index (κ3) is 4.33. The Bertz CT molecular complexity index is 1140. The van der Waals surface area contributed by atoms with Crippen LogP contribution < -0.4 is 4.74 Å². The van der Waals surface area contributed by atoms with Crippen molar-refractivity contribution in [2.24, 2.45) is 0 Å². The van der Waals surface area contributed by atoms with Crippen LogP contribution in [0.25, 0.3) is 22.4 Å². The van der Waals surface area contributed by atoms with Crippen LogP contribution >= 0.6 is 0 Å². The molecule has 0 aliphatic carbocycles. The van der Waals surface area contributed by atoms with Crippen molar-refractivity contribution in [3.63, 3.8) is 0 Å². The molecule has 0 unspecified atom stereocenters. The SMILES string of the molecule is COc1ccc(Cc2noc(-c3cn(CCN4CCOCC4)c4ccccc34)n2)cc1. The Kier molecular flexibility index (Phi) is 5.69. The van der Waals surface area contributed by atoms with E-state index in [-0.39, 0.29) is 0 Å². The summed E-state index contributed by atoms with van der Waals surface area (Å²) in [5.41, 5.74) is 3.27. The molecular formula is C24H26N4O3. The van der Waals surface area contributed by atoms with E-state index in [4.69, 9.17) is 14.0 Å². The van der Waals surface area contributed by atoms with Gasteiger partial charge in [-0.25, -0.2) is 0 Å². The number of hydrogen-bond acceptors (Lipinski definition) is 6. The first-order chi connectivity index (χ1) is 15.3. The minimum absolute atomic E-state index is 0.560. The Morgan fingerprint density at radius 2 is 1.81 bits per heavy atom. The van der Waals surface area contributed by atoms with Crippen molar-refractivity contribution in [3.8, 4) is 17.2 Å². The molecule has 0 spiro atoms. The van der Waals surface area contributed by atoms with Gasteiger partial charge < -0.3 is 18.6 Å². The van der Waals surface area contributed by atoms with Gasteiger partial charge in [-0.15, -0.1) is 0 Å². The fourth-order valence-corrected chi connectivity index (χ4v) is 4.04. The monoisotopic (exact) mass is 418 g/mol. The lowest BCUT2D eigenvalue weighted by atomic mass is 10.1. The van der Waals surface area contributed by atoms with Gasteiger partial charge in [0.25, 0.3) is 5.89 Å². The number of para-hydroxylation sites is 1. The van der Waals surface area contributed by atoms with Crippen molar-refractivity contribution in [1.29, 1.82) is 0 Å². The van der Waals surface area contributed by atoms with Crippen molar-refractivity contribution in [1.82, 2.24) is 19.6 Å². The zero-order valence-electron chi connectivity index (χ0n) is 17.7. The number of methoxy groups -OCH3 is 1. The maximum absolute atomic E-state index is 5.66. The third-order valence-corrected chi connectivity index (χ3v) is 5.77. The number of aromatic nitrogens is 3. The molecule has 7 heteroatoms. The Hall–Kier alpha value is -3.16. The van der Waals surface area contributed by atoms with Crippen molar-refractivity contribution in [2.75, 3.05) is 40.0 Å². The predicted molar refractivity (Wildman–Crippen MR) is 118 cm³/mol. The van der Waals surface area contributed by atoms with Gasteiger partial charge in [-0.1, -0.05) is 35.5 Å². The molecule has 2 aromatic heterocycles. The molecule has 160 valence electrons. The fraction of sp³-hybridized carbons (Fsp3) is 0.333. The summed E-state index contributed by atoms with van der Waals surface area (Å²) >= 11 is 0. The number of fused-ring (bicyclic) bond motifs is 1. The molecule has 7 nitrogen and oxygen atoms in total. The zero-order valence-corrected chi connectivity index (χ0v) is 17.7. The second kappa shape index (κ2) is 8.91. The molecule has 0 radical (unpaired) electrons. The lowest BCUT2D eigenvalue weighted by Crippen LogP contribution is -2.38. The molecule has 1 fully saturated rings. The van der Waals surface area contributed by atoms with E-state index in [2.05, 4.69) is 44.0 Å². The van der Waals surface area contributed by atoms with E-state index in [1.165, 1.54) is 5.52 Å². The quantitative estimate of drug-likeness (QED) is 0.457. The van der Waals surface area contributed by atoms with Crippen LogP contribution in [-0.4, -0.2) is 59.6 Å². The van der Waals surface area contributed by atoms with Crippen LogP contribution in [0, 0.1) is 0 Å². The highest BCUT2D eigenvalue weighted by Gasteiger charge is 2.17. The number of ether oxygens (including phenoxy) is 2. The van der Waals surface area contributed by atoms with Gasteiger partial charge >= 0.3 is 0 Å². The molecular weight excluding hydrogens is 392 g/mol. The lowest BCUT2D eigenvalue weighted by molar-refractivity contribution is 0.0365. The van der Waals surface area contributed by atoms with E-state index in [0.29, 0.717) is 18.1 Å². The fourth-order valence-electron chi connectivity index (χ4n) is 4.04. The molecule has 1 saturated heterocycles. The molecule has 3 heterocycles. The van der Waals surface area contributed by atoms with E-state index in [1.807, 2.05) is 30.3 Å². The highest BCUT2D eigenvalue weighted by Crippen LogP contribution is 2.30. The van der Waals surface area contributed by atoms with Gasteiger partial charge in [0.1, 0.15) is 5.75 Å². The van der Waals surface area contributed by atoms with Gasteiger partial charge in [0.05, 0.1) is 25.9 Å². The Balaban J connectivity index is 1.37. The molecule has 4 aromatic rings. The average Bonchev–Trinajstić information content (AvgIpc) is 3.43. The van der Waals surface area contributed by atoms with Crippen LogP contribution in [0.1, 0.15) is 11.4 Å². The molecule has 0 bridgehead atoms. The molecule has 1 aliphatic rings. The van der Waals surface area contributed by atoms with Crippen LogP contribution in [0.3, 0.4) is 0 Å². The van der Waals surface area contributed by atoms with E-state index < -0.39 is 0 Å². The Labute approximate surface area is 181 Å². The van der Waals surface area contributed by atoms with Gasteiger partial charge in [0.15, 0.2) is 5.82 Å². The van der Waals surface area contributed by atoms with E-state index >= 15 is 0 Å². The number of nitrogens with zero attached hydrogens (tertiary/aromatic N) is 4. The molecule has 5 rings (SSSR count). The summed E-state index contributed by atoms with van der Waals surface area (Å²) in [5, 5.41) is 5.35. The molecule has 0 atom stereocenters. The first kappa shape index (κ1) is 19.8. The Morgan fingerprint density at radius 1 is 1.00 bits per heavy atom.